The molecular formula is C12H21F3. The first-order chi connectivity index (χ1) is 7.35. The van der Waals surface area contributed by atoms with Gasteiger partial charge in [0.15, 0.2) is 0 Å². The molecule has 0 saturated carbocycles. The second-order valence-electron chi connectivity index (χ2n) is 1.89. The van der Waals surface area contributed by atoms with E-state index in [0.29, 0.717) is 7.18 Å². The van der Waals surface area contributed by atoms with Crippen LogP contribution in [-0.2, 0) is 6.67 Å². The Morgan fingerprint density at radius 2 is 1.27 bits per heavy atom. The monoisotopic (exact) mass is 222 g/mol. The molecule has 90 valence electrons. The van der Waals surface area contributed by atoms with Crippen LogP contribution in [0.5, 0.6) is 0 Å². The Balaban J connectivity index is -0.000000176. The number of rotatable bonds is 1. The molecule has 0 saturated heterocycles. The lowest BCUT2D eigenvalue weighted by molar-refractivity contribution is 0.485. The average Bonchev–Trinajstić information content (AvgIpc) is 2.36. The van der Waals surface area contributed by atoms with Crippen LogP contribution in [0.15, 0.2) is 30.3 Å². The van der Waals surface area contributed by atoms with Crippen LogP contribution in [0.1, 0.15) is 26.3 Å². The van der Waals surface area contributed by atoms with Gasteiger partial charge in [0.2, 0.25) is 0 Å². The van der Waals surface area contributed by atoms with E-state index < -0.39 is 0 Å². The molecule has 0 aliphatic carbocycles. The Labute approximate surface area is 91.1 Å². The summed E-state index contributed by atoms with van der Waals surface area (Å²) in [6, 6.07) is 9.06. The molecule has 0 spiro atoms. The molecule has 0 bridgehead atoms. The van der Waals surface area contributed by atoms with Gasteiger partial charge in [-0.2, -0.15) is 0 Å². The van der Waals surface area contributed by atoms with Gasteiger partial charge in [-0.15, -0.1) is 0 Å². The number of benzene rings is 1. The van der Waals surface area contributed by atoms with Crippen LogP contribution in [0.3, 0.4) is 0 Å². The average molecular weight is 222 g/mol. The van der Waals surface area contributed by atoms with Crippen molar-refractivity contribution in [3.8, 4) is 0 Å². The minimum Gasteiger partial charge on any atom is -0.255 e. The maximum Gasteiger partial charge on any atom is 0.115 e. The van der Waals surface area contributed by atoms with E-state index in [2.05, 4.69) is 0 Å². The van der Waals surface area contributed by atoms with Crippen molar-refractivity contribution in [1.82, 2.24) is 0 Å². The van der Waals surface area contributed by atoms with Crippen LogP contribution in [-0.4, -0.2) is 13.9 Å². The number of alkyl halides is 3. The molecule has 0 atom stereocenters. The largest absolute Gasteiger partial charge is 0.255 e. The molecular weight excluding hydrogens is 201 g/mol. The number of hydrogen-bond acceptors (Lipinski definition) is 0. The lowest BCUT2D eigenvalue weighted by atomic mass is 10.2. The number of halogens is 3. The minimum absolute atomic E-state index is 0.250. The van der Waals surface area contributed by atoms with Crippen LogP contribution < -0.4 is 0 Å². The van der Waals surface area contributed by atoms with Gasteiger partial charge in [-0.3, -0.25) is 8.78 Å². The first-order valence-corrected chi connectivity index (χ1v) is 4.88. The molecule has 0 fully saturated rings. The van der Waals surface area contributed by atoms with Gasteiger partial charge in [-0.1, -0.05) is 44.2 Å². The molecule has 0 nitrogen and oxygen atoms in total. The van der Waals surface area contributed by atoms with Crippen molar-refractivity contribution in [1.29, 1.82) is 0 Å². The third-order valence-corrected chi connectivity index (χ3v) is 0.997. The van der Waals surface area contributed by atoms with E-state index in [0.717, 1.165) is 5.56 Å². The van der Waals surface area contributed by atoms with E-state index in [4.69, 9.17) is 0 Å². The summed E-state index contributed by atoms with van der Waals surface area (Å²) in [5, 5.41) is 0. The van der Waals surface area contributed by atoms with Gasteiger partial charge in [0.1, 0.15) is 6.67 Å². The fourth-order valence-electron chi connectivity index (χ4n) is 0.567. The SMILES string of the molecule is CC.CCF.CF.FCc1ccccc1. The standard InChI is InChI=1S/C7H7F.C2H5F.C2H6.CH3F/c8-6-7-4-2-1-3-5-7;1-2-3;2*1-2/h1-5H,6H2;2H2,1H3;1-2H3;1H3. The van der Waals surface area contributed by atoms with Gasteiger partial charge in [-0.25, -0.2) is 4.39 Å². The molecule has 1 aromatic rings. The zero-order chi connectivity index (χ0) is 12.5. The molecule has 0 heterocycles. The molecule has 0 N–H and O–H groups in total. The van der Waals surface area contributed by atoms with Crippen LogP contribution >= 0.6 is 0 Å². The fraction of sp³-hybridized carbons (Fsp3) is 0.500. The first kappa shape index (κ1) is 19.6. The molecule has 0 amide bonds. The molecule has 0 aliphatic heterocycles. The molecule has 3 heteroatoms. The Bertz CT molecular complexity index is 164. The second kappa shape index (κ2) is 23.1. The Morgan fingerprint density at radius 3 is 1.47 bits per heavy atom. The molecule has 1 aromatic carbocycles. The fourth-order valence-corrected chi connectivity index (χ4v) is 0.567. The van der Waals surface area contributed by atoms with E-state index in [1.54, 1.807) is 12.1 Å². The highest BCUT2D eigenvalue weighted by Crippen LogP contribution is 1.98. The topological polar surface area (TPSA) is 0 Å². The first-order valence-electron chi connectivity index (χ1n) is 4.88. The minimum atomic E-state index is -0.360. The Morgan fingerprint density at radius 1 is 0.933 bits per heavy atom. The summed E-state index contributed by atoms with van der Waals surface area (Å²) in [5.41, 5.74) is 0.743. The summed E-state index contributed by atoms with van der Waals surface area (Å²) >= 11 is 0. The van der Waals surface area contributed by atoms with Crippen LogP contribution in [0.2, 0.25) is 0 Å². The quantitative estimate of drug-likeness (QED) is 0.643. The van der Waals surface area contributed by atoms with E-state index in [-0.39, 0.29) is 13.3 Å². The Hall–Kier alpha value is -0.990. The highest BCUT2D eigenvalue weighted by atomic mass is 19.1. The molecule has 15 heavy (non-hydrogen) atoms. The van der Waals surface area contributed by atoms with Crippen molar-refractivity contribution in [3.05, 3.63) is 35.9 Å². The summed E-state index contributed by atoms with van der Waals surface area (Å²) in [4.78, 5) is 0. The van der Waals surface area contributed by atoms with E-state index in [1.807, 2.05) is 32.0 Å². The summed E-state index contributed by atoms with van der Waals surface area (Å²) in [7, 11) is 0.500. The summed E-state index contributed by atoms with van der Waals surface area (Å²) in [5.74, 6) is 0. The molecule has 0 aromatic heterocycles. The predicted molar refractivity (Wildman–Crippen MR) is 61.3 cm³/mol. The van der Waals surface area contributed by atoms with Crippen molar-refractivity contribution >= 4 is 0 Å². The second-order valence-corrected chi connectivity index (χ2v) is 1.89. The Kier molecular flexibility index (Phi) is 30.1. The highest BCUT2D eigenvalue weighted by molar-refractivity contribution is 5.13. The lowest BCUT2D eigenvalue weighted by Gasteiger charge is -1.87. The highest BCUT2D eigenvalue weighted by Gasteiger charge is 1.82. The lowest BCUT2D eigenvalue weighted by Crippen LogP contribution is -1.72. The van der Waals surface area contributed by atoms with Gasteiger partial charge in [0.05, 0.1) is 13.9 Å². The third-order valence-electron chi connectivity index (χ3n) is 0.997. The van der Waals surface area contributed by atoms with Gasteiger partial charge in [0, 0.05) is 0 Å². The van der Waals surface area contributed by atoms with Crippen LogP contribution in [0.4, 0.5) is 13.2 Å². The van der Waals surface area contributed by atoms with Gasteiger partial charge in [-0.05, 0) is 12.5 Å². The van der Waals surface area contributed by atoms with E-state index in [1.165, 1.54) is 6.92 Å². The molecule has 0 radical (unpaired) electrons. The molecule has 0 aliphatic rings. The molecule has 0 unspecified atom stereocenters. The number of hydrogen-bond donors (Lipinski definition) is 0. The summed E-state index contributed by atoms with van der Waals surface area (Å²) in [6.45, 7) is 4.85. The van der Waals surface area contributed by atoms with Crippen LogP contribution in [0.25, 0.3) is 0 Å². The van der Waals surface area contributed by atoms with E-state index in [9.17, 15) is 13.2 Å². The third kappa shape index (κ3) is 19.4. The summed E-state index contributed by atoms with van der Waals surface area (Å²) in [6.07, 6.45) is 0. The van der Waals surface area contributed by atoms with E-state index >= 15 is 0 Å². The van der Waals surface area contributed by atoms with Gasteiger partial charge < -0.3 is 0 Å². The van der Waals surface area contributed by atoms with Crippen LogP contribution in [0, 0.1) is 0 Å². The van der Waals surface area contributed by atoms with Gasteiger partial charge in [0.25, 0.3) is 0 Å². The predicted octanol–water partition coefficient (Wildman–Crippen LogP) is 4.74. The maximum absolute atomic E-state index is 11.7. The zero-order valence-corrected chi connectivity index (χ0v) is 9.93. The van der Waals surface area contributed by atoms with Crippen molar-refractivity contribution in [2.75, 3.05) is 13.9 Å². The van der Waals surface area contributed by atoms with Crippen molar-refractivity contribution < 1.29 is 13.2 Å². The zero-order valence-electron chi connectivity index (χ0n) is 9.93. The summed E-state index contributed by atoms with van der Waals surface area (Å²) < 4.78 is 31.5. The van der Waals surface area contributed by atoms with Gasteiger partial charge >= 0.3 is 0 Å². The normalized spacial score (nSPS) is 6.87. The van der Waals surface area contributed by atoms with Crippen molar-refractivity contribution in [3.63, 3.8) is 0 Å². The van der Waals surface area contributed by atoms with Crippen molar-refractivity contribution in [2.24, 2.45) is 0 Å². The maximum atomic E-state index is 11.7. The molecule has 1 rings (SSSR count). The van der Waals surface area contributed by atoms with Crippen molar-refractivity contribution in [2.45, 2.75) is 27.4 Å². The smallest absolute Gasteiger partial charge is 0.115 e.